The van der Waals surface area contributed by atoms with E-state index < -0.39 is 0 Å². The lowest BCUT2D eigenvalue weighted by molar-refractivity contribution is -0.131. The number of nitrogens with two attached hydrogens (primary N) is 1. The van der Waals surface area contributed by atoms with Gasteiger partial charge in [-0.05, 0) is 24.5 Å². The summed E-state index contributed by atoms with van der Waals surface area (Å²) in [6.45, 7) is 5.00. The molecular formula is C15H24ClN3O. The number of aryl methyl sites for hydroxylation is 1. The molecule has 1 aliphatic heterocycles. The number of hydrogen-bond acceptors (Lipinski definition) is 3. The zero-order chi connectivity index (χ0) is 13.8. The fourth-order valence-corrected chi connectivity index (χ4v) is 2.45. The maximum Gasteiger partial charge on any atom is 0.236 e. The van der Waals surface area contributed by atoms with Gasteiger partial charge in [0, 0.05) is 32.7 Å². The Morgan fingerprint density at radius 3 is 2.75 bits per heavy atom. The van der Waals surface area contributed by atoms with Gasteiger partial charge in [0.25, 0.3) is 0 Å². The Bertz CT molecular complexity index is 452. The van der Waals surface area contributed by atoms with Gasteiger partial charge in [0.15, 0.2) is 0 Å². The van der Waals surface area contributed by atoms with Crippen LogP contribution in [0.3, 0.4) is 0 Å². The number of carbonyl (C=O) groups excluding carboxylic acids is 1. The van der Waals surface area contributed by atoms with Crippen LogP contribution in [0.4, 0.5) is 0 Å². The lowest BCUT2D eigenvalue weighted by Crippen LogP contribution is -2.38. The predicted octanol–water partition coefficient (Wildman–Crippen LogP) is 1.41. The number of amides is 1. The quantitative estimate of drug-likeness (QED) is 0.914. The summed E-state index contributed by atoms with van der Waals surface area (Å²) in [7, 11) is 1.87. The Morgan fingerprint density at radius 1 is 1.45 bits per heavy atom. The highest BCUT2D eigenvalue weighted by atomic mass is 35.5. The van der Waals surface area contributed by atoms with E-state index in [1.165, 1.54) is 11.1 Å². The maximum absolute atomic E-state index is 12.2. The van der Waals surface area contributed by atoms with E-state index in [1.807, 2.05) is 19.2 Å². The van der Waals surface area contributed by atoms with Gasteiger partial charge in [-0.1, -0.05) is 24.3 Å². The Kier molecular flexibility index (Phi) is 6.46. The molecule has 112 valence electrons. The van der Waals surface area contributed by atoms with E-state index in [0.29, 0.717) is 13.1 Å². The van der Waals surface area contributed by atoms with E-state index in [0.717, 1.165) is 19.5 Å². The van der Waals surface area contributed by atoms with Gasteiger partial charge in [-0.25, -0.2) is 0 Å². The second-order valence-electron chi connectivity index (χ2n) is 5.46. The Balaban J connectivity index is 0.00000200. The minimum atomic E-state index is 0. The van der Waals surface area contributed by atoms with E-state index in [1.54, 1.807) is 4.90 Å². The molecule has 1 aliphatic rings. The molecule has 0 bridgehead atoms. The van der Waals surface area contributed by atoms with Crippen molar-refractivity contribution in [3.8, 4) is 0 Å². The summed E-state index contributed by atoms with van der Waals surface area (Å²) in [6.07, 6.45) is 0.995. The molecule has 0 radical (unpaired) electrons. The van der Waals surface area contributed by atoms with Crippen molar-refractivity contribution in [3.63, 3.8) is 0 Å². The van der Waals surface area contributed by atoms with Crippen LogP contribution in [0.5, 0.6) is 0 Å². The van der Waals surface area contributed by atoms with Crippen molar-refractivity contribution in [3.05, 3.63) is 35.4 Å². The highest BCUT2D eigenvalue weighted by Crippen LogP contribution is 2.11. The van der Waals surface area contributed by atoms with E-state index in [9.17, 15) is 4.79 Å². The maximum atomic E-state index is 12.2. The standard InChI is InChI=1S/C15H23N3O.ClH/c1-12-5-3-4-6-13(12)9-17(2)15(19)11-18-8-7-14(16)10-18;/h3-6,14H,7-11,16H2,1-2H3;1H. The van der Waals surface area contributed by atoms with Crippen molar-refractivity contribution >= 4 is 18.3 Å². The number of halogens is 1. The molecule has 4 nitrogen and oxygen atoms in total. The molecule has 1 aromatic rings. The normalized spacial score (nSPS) is 18.6. The first-order chi connectivity index (χ1) is 9.06. The van der Waals surface area contributed by atoms with E-state index >= 15 is 0 Å². The SMILES string of the molecule is Cc1ccccc1CN(C)C(=O)CN1CCC(N)C1.Cl. The van der Waals surface area contributed by atoms with Crippen LogP contribution in [0, 0.1) is 6.92 Å². The van der Waals surface area contributed by atoms with E-state index in [-0.39, 0.29) is 24.4 Å². The van der Waals surface area contributed by atoms with Gasteiger partial charge in [-0.15, -0.1) is 12.4 Å². The molecule has 1 aromatic carbocycles. The number of likely N-dealkylation sites (tertiary alicyclic amines) is 1. The summed E-state index contributed by atoms with van der Waals surface area (Å²) < 4.78 is 0. The smallest absolute Gasteiger partial charge is 0.236 e. The molecule has 0 saturated carbocycles. The fourth-order valence-electron chi connectivity index (χ4n) is 2.45. The van der Waals surface area contributed by atoms with Crippen molar-refractivity contribution in [1.82, 2.24) is 9.80 Å². The molecule has 2 N–H and O–H groups in total. The second-order valence-corrected chi connectivity index (χ2v) is 5.46. The third kappa shape index (κ3) is 4.47. The summed E-state index contributed by atoms with van der Waals surface area (Å²) in [4.78, 5) is 16.1. The van der Waals surface area contributed by atoms with Crippen molar-refractivity contribution in [2.24, 2.45) is 5.73 Å². The predicted molar refractivity (Wildman–Crippen MR) is 83.9 cm³/mol. The van der Waals surface area contributed by atoms with Crippen LogP contribution >= 0.6 is 12.4 Å². The van der Waals surface area contributed by atoms with Crippen LogP contribution in [-0.4, -0.2) is 48.4 Å². The topological polar surface area (TPSA) is 49.6 Å². The van der Waals surface area contributed by atoms with Crippen LogP contribution in [0.25, 0.3) is 0 Å². The Labute approximate surface area is 127 Å². The molecule has 2 rings (SSSR count). The third-order valence-electron chi connectivity index (χ3n) is 3.76. The van der Waals surface area contributed by atoms with Crippen molar-refractivity contribution < 1.29 is 4.79 Å². The minimum Gasteiger partial charge on any atom is -0.340 e. The first-order valence-corrected chi connectivity index (χ1v) is 6.82. The highest BCUT2D eigenvalue weighted by molar-refractivity contribution is 5.85. The largest absolute Gasteiger partial charge is 0.340 e. The lowest BCUT2D eigenvalue weighted by Gasteiger charge is -2.22. The number of carbonyl (C=O) groups is 1. The second kappa shape index (κ2) is 7.62. The zero-order valence-corrected chi connectivity index (χ0v) is 13.0. The van der Waals surface area contributed by atoms with Crippen LogP contribution in [0.15, 0.2) is 24.3 Å². The Morgan fingerprint density at radius 2 is 2.15 bits per heavy atom. The third-order valence-corrected chi connectivity index (χ3v) is 3.76. The number of rotatable bonds is 4. The summed E-state index contributed by atoms with van der Waals surface area (Å²) in [5, 5.41) is 0. The van der Waals surface area contributed by atoms with E-state index in [2.05, 4.69) is 24.0 Å². The lowest BCUT2D eigenvalue weighted by atomic mass is 10.1. The molecule has 1 atom stereocenters. The summed E-state index contributed by atoms with van der Waals surface area (Å²) >= 11 is 0. The van der Waals surface area contributed by atoms with Gasteiger partial charge in [-0.3, -0.25) is 9.69 Å². The van der Waals surface area contributed by atoms with Crippen LogP contribution in [-0.2, 0) is 11.3 Å². The monoisotopic (exact) mass is 297 g/mol. The average Bonchev–Trinajstić information content (AvgIpc) is 2.77. The molecule has 1 heterocycles. The van der Waals surface area contributed by atoms with Crippen molar-refractivity contribution in [1.29, 1.82) is 0 Å². The number of likely N-dealkylation sites (N-methyl/N-ethyl adjacent to an activating group) is 1. The number of nitrogens with zero attached hydrogens (tertiary/aromatic N) is 2. The van der Waals surface area contributed by atoms with Crippen LogP contribution in [0.1, 0.15) is 17.5 Å². The minimum absolute atomic E-state index is 0. The first-order valence-electron chi connectivity index (χ1n) is 6.82. The summed E-state index contributed by atoms with van der Waals surface area (Å²) in [5.74, 6) is 0.164. The first kappa shape index (κ1) is 17.0. The molecule has 1 saturated heterocycles. The molecule has 0 aromatic heterocycles. The molecule has 1 unspecified atom stereocenters. The molecule has 0 aliphatic carbocycles. The molecule has 1 amide bonds. The van der Waals surface area contributed by atoms with Gasteiger partial charge < -0.3 is 10.6 Å². The summed E-state index contributed by atoms with van der Waals surface area (Å²) in [5.41, 5.74) is 8.29. The molecular weight excluding hydrogens is 274 g/mol. The van der Waals surface area contributed by atoms with Crippen molar-refractivity contribution in [2.75, 3.05) is 26.7 Å². The van der Waals surface area contributed by atoms with Crippen molar-refractivity contribution in [2.45, 2.75) is 25.9 Å². The van der Waals surface area contributed by atoms with Gasteiger partial charge >= 0.3 is 0 Å². The molecule has 1 fully saturated rings. The molecule has 0 spiro atoms. The Hall–Kier alpha value is -1.10. The fraction of sp³-hybridized carbons (Fsp3) is 0.533. The molecule has 20 heavy (non-hydrogen) atoms. The number of hydrogen-bond donors (Lipinski definition) is 1. The van der Waals surface area contributed by atoms with Gasteiger partial charge in [-0.2, -0.15) is 0 Å². The van der Waals surface area contributed by atoms with E-state index in [4.69, 9.17) is 5.73 Å². The zero-order valence-electron chi connectivity index (χ0n) is 12.2. The van der Waals surface area contributed by atoms with Crippen LogP contribution < -0.4 is 5.73 Å². The van der Waals surface area contributed by atoms with Gasteiger partial charge in [0.2, 0.25) is 5.91 Å². The van der Waals surface area contributed by atoms with Crippen LogP contribution in [0.2, 0.25) is 0 Å². The average molecular weight is 298 g/mol. The molecule has 5 heteroatoms. The van der Waals surface area contributed by atoms with Gasteiger partial charge in [0.1, 0.15) is 0 Å². The highest BCUT2D eigenvalue weighted by Gasteiger charge is 2.22. The van der Waals surface area contributed by atoms with Gasteiger partial charge in [0.05, 0.1) is 6.54 Å². The number of benzene rings is 1. The summed E-state index contributed by atoms with van der Waals surface area (Å²) in [6, 6.07) is 8.42.